The number of rotatable bonds is 3. The number of carbonyl (C=O) groups excluding carboxylic acids is 1. The Hall–Kier alpha value is -1.08. The molecule has 0 bridgehead atoms. The number of hydroxylamine groups is 1. The van der Waals surface area contributed by atoms with Crippen LogP contribution in [0.1, 0.15) is 41.0 Å². The molecule has 0 spiro atoms. The minimum absolute atomic E-state index is 0.391. The molecule has 0 rings (SSSR count). The normalized spacial score (nSPS) is 15.4. The van der Waals surface area contributed by atoms with Crippen molar-refractivity contribution in [3.8, 4) is 6.07 Å². The van der Waals surface area contributed by atoms with Gasteiger partial charge in [-0.25, -0.2) is 5.48 Å². The Labute approximate surface area is 85.2 Å². The van der Waals surface area contributed by atoms with E-state index in [1.807, 2.05) is 26.8 Å². The highest BCUT2D eigenvalue weighted by atomic mass is 16.7. The molecule has 4 heteroatoms. The quantitative estimate of drug-likeness (QED) is 0.703. The molecule has 0 radical (unpaired) electrons. The van der Waals surface area contributed by atoms with Gasteiger partial charge in [-0.15, -0.1) is 0 Å². The van der Waals surface area contributed by atoms with Crippen molar-refractivity contribution in [2.45, 2.75) is 46.6 Å². The summed E-state index contributed by atoms with van der Waals surface area (Å²) in [7, 11) is 0. The van der Waals surface area contributed by atoms with Gasteiger partial charge in [0.2, 0.25) is 0 Å². The van der Waals surface area contributed by atoms with Crippen LogP contribution in [0.2, 0.25) is 0 Å². The molecular weight excluding hydrogens is 180 g/mol. The first-order chi connectivity index (χ1) is 6.25. The number of nitrogens with zero attached hydrogens (tertiary/aromatic N) is 1. The van der Waals surface area contributed by atoms with E-state index in [1.54, 1.807) is 13.8 Å². The first-order valence-electron chi connectivity index (χ1n) is 4.65. The molecule has 80 valence electrons. The molecule has 14 heavy (non-hydrogen) atoms. The molecule has 0 aliphatic rings. The van der Waals surface area contributed by atoms with Gasteiger partial charge in [-0.3, -0.25) is 9.63 Å². The van der Waals surface area contributed by atoms with Crippen LogP contribution in [0.5, 0.6) is 0 Å². The first kappa shape index (κ1) is 12.9. The summed E-state index contributed by atoms with van der Waals surface area (Å²) < 4.78 is 0. The first-order valence-corrected chi connectivity index (χ1v) is 4.65. The van der Waals surface area contributed by atoms with E-state index < -0.39 is 16.9 Å². The van der Waals surface area contributed by atoms with Crippen LogP contribution in [-0.2, 0) is 9.63 Å². The summed E-state index contributed by atoms with van der Waals surface area (Å²) in [5.41, 5.74) is 0.850. The van der Waals surface area contributed by atoms with Crippen molar-refractivity contribution in [2.75, 3.05) is 0 Å². The van der Waals surface area contributed by atoms with E-state index in [0.717, 1.165) is 0 Å². The lowest BCUT2D eigenvalue weighted by molar-refractivity contribution is -0.152. The average molecular weight is 198 g/mol. The highest BCUT2D eigenvalue weighted by molar-refractivity contribution is 5.83. The monoisotopic (exact) mass is 198 g/mol. The van der Waals surface area contributed by atoms with Crippen molar-refractivity contribution in [3.63, 3.8) is 0 Å². The van der Waals surface area contributed by atoms with E-state index in [0.29, 0.717) is 6.42 Å². The predicted octanol–water partition coefficient (Wildman–Crippen LogP) is 1.77. The zero-order valence-corrected chi connectivity index (χ0v) is 9.47. The number of hydrogen-bond acceptors (Lipinski definition) is 3. The number of carbonyl (C=O) groups is 1. The van der Waals surface area contributed by atoms with E-state index >= 15 is 0 Å². The number of nitrogens with one attached hydrogen (secondary N) is 1. The van der Waals surface area contributed by atoms with Crippen molar-refractivity contribution >= 4 is 5.91 Å². The summed E-state index contributed by atoms with van der Waals surface area (Å²) in [6.45, 7) is 8.85. The summed E-state index contributed by atoms with van der Waals surface area (Å²) in [6, 6.07) is 1.97. The van der Waals surface area contributed by atoms with Gasteiger partial charge in [0, 0.05) is 0 Å². The Balaban J connectivity index is 4.30. The standard InChI is InChI=1S/C10H18N2O2/c1-6-10(5,7-11)8(13)12-14-9(2,3)4/h6H2,1-5H3,(H,12,13). The molecule has 1 N–H and O–H groups in total. The molecule has 1 atom stereocenters. The van der Waals surface area contributed by atoms with Crippen molar-refractivity contribution in [1.29, 1.82) is 5.26 Å². The van der Waals surface area contributed by atoms with Crippen LogP contribution >= 0.6 is 0 Å². The van der Waals surface area contributed by atoms with Gasteiger partial charge >= 0.3 is 0 Å². The SMILES string of the molecule is CCC(C)(C#N)C(=O)NOC(C)(C)C. The average Bonchev–Trinajstić information content (AvgIpc) is 2.11. The molecule has 0 fully saturated rings. The smallest absolute Gasteiger partial charge is 0.263 e. The molecule has 0 saturated heterocycles. The van der Waals surface area contributed by atoms with Gasteiger partial charge in [0.05, 0.1) is 11.7 Å². The number of hydrogen-bond donors (Lipinski definition) is 1. The van der Waals surface area contributed by atoms with Gasteiger partial charge in [0.1, 0.15) is 5.41 Å². The molecule has 1 unspecified atom stereocenters. The van der Waals surface area contributed by atoms with E-state index in [4.69, 9.17) is 10.1 Å². The molecule has 0 heterocycles. The summed E-state index contributed by atoms with van der Waals surface area (Å²) >= 11 is 0. The molecule has 0 saturated carbocycles. The maximum atomic E-state index is 11.5. The molecule has 4 nitrogen and oxygen atoms in total. The Morgan fingerprint density at radius 3 is 2.21 bits per heavy atom. The molecule has 0 aromatic carbocycles. The maximum Gasteiger partial charge on any atom is 0.263 e. The Kier molecular flexibility index (Phi) is 4.08. The van der Waals surface area contributed by atoms with Gasteiger partial charge in [-0.05, 0) is 34.1 Å². The summed E-state index contributed by atoms with van der Waals surface area (Å²) in [4.78, 5) is 16.6. The van der Waals surface area contributed by atoms with Gasteiger partial charge in [-0.1, -0.05) is 6.92 Å². The topological polar surface area (TPSA) is 62.1 Å². The second-order valence-corrected chi connectivity index (χ2v) is 4.44. The summed E-state index contributed by atoms with van der Waals surface area (Å²) in [5.74, 6) is -0.391. The van der Waals surface area contributed by atoms with E-state index in [-0.39, 0.29) is 0 Å². The van der Waals surface area contributed by atoms with E-state index in [1.165, 1.54) is 0 Å². The summed E-state index contributed by atoms with van der Waals surface area (Å²) in [5, 5.41) is 8.82. The van der Waals surface area contributed by atoms with E-state index in [9.17, 15) is 4.79 Å². The second-order valence-electron chi connectivity index (χ2n) is 4.44. The molecule has 1 amide bonds. The molecule has 0 aromatic rings. The molecule has 0 aliphatic carbocycles. The van der Waals surface area contributed by atoms with Crippen LogP contribution < -0.4 is 5.48 Å². The third-order valence-corrected chi connectivity index (χ3v) is 1.90. The van der Waals surface area contributed by atoms with Crippen LogP contribution in [0.15, 0.2) is 0 Å². The lowest BCUT2D eigenvalue weighted by Crippen LogP contribution is -2.41. The second kappa shape index (κ2) is 4.43. The Bertz CT molecular complexity index is 250. The Morgan fingerprint density at radius 2 is 1.93 bits per heavy atom. The van der Waals surface area contributed by atoms with Gasteiger partial charge in [-0.2, -0.15) is 5.26 Å². The zero-order chi connectivity index (χ0) is 11.4. The fourth-order valence-electron chi connectivity index (χ4n) is 0.602. The van der Waals surface area contributed by atoms with E-state index in [2.05, 4.69) is 5.48 Å². The van der Waals surface area contributed by atoms with Gasteiger partial charge < -0.3 is 0 Å². The highest BCUT2D eigenvalue weighted by Gasteiger charge is 2.32. The molecule has 0 aliphatic heterocycles. The van der Waals surface area contributed by atoms with Gasteiger partial charge in [0.25, 0.3) is 5.91 Å². The van der Waals surface area contributed by atoms with Crippen LogP contribution in [0.4, 0.5) is 0 Å². The zero-order valence-electron chi connectivity index (χ0n) is 9.47. The highest BCUT2D eigenvalue weighted by Crippen LogP contribution is 2.20. The van der Waals surface area contributed by atoms with Crippen LogP contribution in [0.25, 0.3) is 0 Å². The molecular formula is C10H18N2O2. The van der Waals surface area contributed by atoms with Crippen LogP contribution in [0.3, 0.4) is 0 Å². The number of nitriles is 1. The summed E-state index contributed by atoms with van der Waals surface area (Å²) in [6.07, 6.45) is 0.461. The maximum absolute atomic E-state index is 11.5. The van der Waals surface area contributed by atoms with Crippen molar-refractivity contribution in [1.82, 2.24) is 5.48 Å². The van der Waals surface area contributed by atoms with Crippen molar-refractivity contribution < 1.29 is 9.63 Å². The van der Waals surface area contributed by atoms with Crippen molar-refractivity contribution in [2.24, 2.45) is 5.41 Å². The lowest BCUT2D eigenvalue weighted by atomic mass is 9.89. The largest absolute Gasteiger partial charge is 0.271 e. The third kappa shape index (κ3) is 3.75. The fourth-order valence-corrected chi connectivity index (χ4v) is 0.602. The minimum atomic E-state index is -1.01. The fraction of sp³-hybridized carbons (Fsp3) is 0.800. The minimum Gasteiger partial charge on any atom is -0.271 e. The lowest BCUT2D eigenvalue weighted by Gasteiger charge is -2.23. The van der Waals surface area contributed by atoms with Crippen molar-refractivity contribution in [3.05, 3.63) is 0 Å². The van der Waals surface area contributed by atoms with Crippen LogP contribution in [0, 0.1) is 16.7 Å². The Morgan fingerprint density at radius 1 is 1.43 bits per heavy atom. The third-order valence-electron chi connectivity index (χ3n) is 1.90. The van der Waals surface area contributed by atoms with Crippen LogP contribution in [-0.4, -0.2) is 11.5 Å². The predicted molar refractivity (Wildman–Crippen MR) is 53.0 cm³/mol. The number of amides is 1. The van der Waals surface area contributed by atoms with Gasteiger partial charge in [0.15, 0.2) is 0 Å². The molecule has 0 aromatic heterocycles.